The van der Waals surface area contributed by atoms with E-state index in [0.29, 0.717) is 19.7 Å². The van der Waals surface area contributed by atoms with Crippen LogP contribution in [-0.2, 0) is 9.47 Å². The summed E-state index contributed by atoms with van der Waals surface area (Å²) in [6.45, 7) is 7.36. The number of fused-ring (bicyclic) bond motifs is 1. The minimum atomic E-state index is -0.446. The van der Waals surface area contributed by atoms with E-state index in [2.05, 4.69) is 0 Å². The molecule has 0 unspecified atom stereocenters. The Balaban J connectivity index is 1.97. The third-order valence-corrected chi connectivity index (χ3v) is 2.96. The van der Waals surface area contributed by atoms with Gasteiger partial charge in [-0.25, -0.2) is 4.79 Å². The monoisotopic (exact) mass is 228 g/mol. The number of nitrogens with two attached hydrogens (primary N) is 1. The third kappa shape index (κ3) is 2.15. The van der Waals surface area contributed by atoms with Gasteiger partial charge in [-0.15, -0.1) is 0 Å². The Labute approximate surface area is 95.9 Å². The maximum Gasteiger partial charge on any atom is 0.410 e. The van der Waals surface area contributed by atoms with Crippen LogP contribution in [0, 0.1) is 5.92 Å². The van der Waals surface area contributed by atoms with E-state index >= 15 is 0 Å². The van der Waals surface area contributed by atoms with E-state index in [1.165, 1.54) is 0 Å². The second-order valence-corrected chi connectivity index (χ2v) is 5.40. The predicted octanol–water partition coefficient (Wildman–Crippen LogP) is 0.579. The number of amides is 1. The normalized spacial score (nSPS) is 33.2. The number of carbonyl (C=O) groups excluding carboxylic acids is 1. The van der Waals surface area contributed by atoms with Crippen LogP contribution in [0.5, 0.6) is 0 Å². The molecule has 0 aromatic carbocycles. The molecular formula is C11H20N2O3. The molecule has 0 radical (unpaired) electrons. The second-order valence-electron chi connectivity index (χ2n) is 5.40. The van der Waals surface area contributed by atoms with E-state index in [-0.39, 0.29) is 24.2 Å². The van der Waals surface area contributed by atoms with Crippen molar-refractivity contribution in [1.29, 1.82) is 0 Å². The number of ether oxygens (including phenoxy) is 2. The van der Waals surface area contributed by atoms with Crippen molar-refractivity contribution in [2.45, 2.75) is 38.5 Å². The lowest BCUT2D eigenvalue weighted by molar-refractivity contribution is -0.00886. The van der Waals surface area contributed by atoms with E-state index in [0.717, 1.165) is 0 Å². The average Bonchev–Trinajstić information content (AvgIpc) is 2.87. The Hall–Kier alpha value is -0.810. The lowest BCUT2D eigenvalue weighted by atomic mass is 10.2. The number of hydrogen-bond donors (Lipinski definition) is 1. The van der Waals surface area contributed by atoms with Gasteiger partial charge in [0.25, 0.3) is 0 Å². The molecule has 0 bridgehead atoms. The Morgan fingerprint density at radius 3 is 2.81 bits per heavy atom. The van der Waals surface area contributed by atoms with E-state index in [1.54, 1.807) is 4.90 Å². The fourth-order valence-corrected chi connectivity index (χ4v) is 2.20. The minimum absolute atomic E-state index is 0.131. The van der Waals surface area contributed by atoms with Crippen LogP contribution in [0.3, 0.4) is 0 Å². The van der Waals surface area contributed by atoms with Gasteiger partial charge < -0.3 is 15.2 Å². The highest BCUT2D eigenvalue weighted by molar-refractivity contribution is 5.69. The van der Waals surface area contributed by atoms with Crippen molar-refractivity contribution in [3.05, 3.63) is 0 Å². The van der Waals surface area contributed by atoms with Crippen LogP contribution in [-0.4, -0.2) is 48.4 Å². The zero-order valence-corrected chi connectivity index (χ0v) is 10.1. The van der Waals surface area contributed by atoms with Crippen LogP contribution in [0.4, 0.5) is 4.79 Å². The first-order valence-electron chi connectivity index (χ1n) is 5.75. The lowest BCUT2D eigenvalue weighted by Crippen LogP contribution is -2.44. The van der Waals surface area contributed by atoms with E-state index in [1.807, 2.05) is 20.8 Å². The highest BCUT2D eigenvalue weighted by atomic mass is 16.6. The van der Waals surface area contributed by atoms with Crippen molar-refractivity contribution in [2.24, 2.45) is 11.7 Å². The molecule has 0 aromatic heterocycles. The van der Waals surface area contributed by atoms with Gasteiger partial charge in [-0.05, 0) is 27.3 Å². The lowest BCUT2D eigenvalue weighted by Gasteiger charge is -2.29. The smallest absolute Gasteiger partial charge is 0.410 e. The van der Waals surface area contributed by atoms with Crippen LogP contribution >= 0.6 is 0 Å². The van der Waals surface area contributed by atoms with Crippen molar-refractivity contribution < 1.29 is 14.3 Å². The highest BCUT2D eigenvalue weighted by Gasteiger charge is 2.58. The van der Waals surface area contributed by atoms with Crippen LogP contribution in [0.25, 0.3) is 0 Å². The molecule has 2 fully saturated rings. The van der Waals surface area contributed by atoms with Gasteiger partial charge in [0.15, 0.2) is 0 Å². The minimum Gasteiger partial charge on any atom is -0.444 e. The summed E-state index contributed by atoms with van der Waals surface area (Å²) in [5, 5.41) is 0. The van der Waals surface area contributed by atoms with Crippen LogP contribution in [0.1, 0.15) is 20.8 Å². The average molecular weight is 228 g/mol. The maximum absolute atomic E-state index is 11.9. The summed E-state index contributed by atoms with van der Waals surface area (Å²) in [4.78, 5) is 13.7. The third-order valence-electron chi connectivity index (χ3n) is 2.96. The number of morpholine rings is 1. The Kier molecular flexibility index (Phi) is 2.84. The van der Waals surface area contributed by atoms with Gasteiger partial charge in [0.1, 0.15) is 5.60 Å². The predicted molar refractivity (Wildman–Crippen MR) is 59.0 cm³/mol. The topological polar surface area (TPSA) is 64.8 Å². The molecule has 3 atom stereocenters. The molecule has 0 aromatic rings. The number of rotatable bonds is 1. The number of hydrogen-bond acceptors (Lipinski definition) is 4. The zero-order valence-electron chi connectivity index (χ0n) is 10.1. The molecule has 92 valence electrons. The molecule has 1 aliphatic carbocycles. The summed E-state index contributed by atoms with van der Waals surface area (Å²) >= 11 is 0. The SMILES string of the molecule is CC(C)(C)OC(=O)N1CCO[C@@H]2[C@@H](CN)[C@@H]21. The summed E-state index contributed by atoms with van der Waals surface area (Å²) in [6.07, 6.45) is -0.118. The van der Waals surface area contributed by atoms with Crippen LogP contribution in [0.2, 0.25) is 0 Å². The standard InChI is InChI=1S/C11H20N2O3/c1-11(2,3)16-10(14)13-4-5-15-9-7(6-12)8(9)13/h7-9H,4-6,12H2,1-3H3/t7-,8-,9+/m0/s1. The molecule has 16 heavy (non-hydrogen) atoms. The molecule has 5 heteroatoms. The maximum atomic E-state index is 11.9. The molecule has 5 nitrogen and oxygen atoms in total. The first kappa shape index (κ1) is 11.7. The summed E-state index contributed by atoms with van der Waals surface area (Å²) in [6, 6.07) is 0.133. The molecule has 2 N–H and O–H groups in total. The Morgan fingerprint density at radius 2 is 2.25 bits per heavy atom. The molecule has 0 spiro atoms. The fourth-order valence-electron chi connectivity index (χ4n) is 2.20. The molecule has 2 aliphatic rings. The first-order chi connectivity index (χ1) is 7.44. The molecule has 1 saturated carbocycles. The zero-order chi connectivity index (χ0) is 11.9. The Bertz CT molecular complexity index is 283. The molecule has 1 aliphatic heterocycles. The second kappa shape index (κ2) is 3.89. The fraction of sp³-hybridized carbons (Fsp3) is 0.909. The van der Waals surface area contributed by atoms with E-state index in [4.69, 9.17) is 15.2 Å². The molecular weight excluding hydrogens is 208 g/mol. The molecule has 2 rings (SSSR count). The summed E-state index contributed by atoms with van der Waals surface area (Å²) in [5.74, 6) is 0.287. The summed E-state index contributed by atoms with van der Waals surface area (Å²) in [5.41, 5.74) is 5.18. The van der Waals surface area contributed by atoms with E-state index in [9.17, 15) is 4.79 Å². The molecule has 1 heterocycles. The van der Waals surface area contributed by atoms with Crippen LogP contribution in [0.15, 0.2) is 0 Å². The highest BCUT2D eigenvalue weighted by Crippen LogP contribution is 2.41. The quantitative estimate of drug-likeness (QED) is 0.713. The van der Waals surface area contributed by atoms with Crippen molar-refractivity contribution in [3.8, 4) is 0 Å². The van der Waals surface area contributed by atoms with Gasteiger partial charge >= 0.3 is 6.09 Å². The summed E-state index contributed by atoms with van der Waals surface area (Å²) < 4.78 is 10.9. The van der Waals surface area contributed by atoms with Gasteiger partial charge in [0.2, 0.25) is 0 Å². The van der Waals surface area contributed by atoms with E-state index < -0.39 is 5.60 Å². The van der Waals surface area contributed by atoms with Crippen molar-refractivity contribution in [3.63, 3.8) is 0 Å². The first-order valence-corrected chi connectivity index (χ1v) is 5.75. The molecule has 1 saturated heterocycles. The number of carbonyl (C=O) groups is 1. The van der Waals surface area contributed by atoms with Gasteiger partial charge in [-0.3, -0.25) is 4.90 Å². The van der Waals surface area contributed by atoms with Crippen molar-refractivity contribution in [2.75, 3.05) is 19.7 Å². The summed E-state index contributed by atoms with van der Waals surface area (Å²) in [7, 11) is 0. The Morgan fingerprint density at radius 1 is 1.56 bits per heavy atom. The van der Waals surface area contributed by atoms with Crippen molar-refractivity contribution in [1.82, 2.24) is 4.90 Å². The number of nitrogens with zero attached hydrogens (tertiary/aromatic N) is 1. The largest absolute Gasteiger partial charge is 0.444 e. The van der Waals surface area contributed by atoms with Gasteiger partial charge in [-0.1, -0.05) is 0 Å². The van der Waals surface area contributed by atoms with Gasteiger partial charge in [-0.2, -0.15) is 0 Å². The van der Waals surface area contributed by atoms with Gasteiger partial charge in [0.05, 0.1) is 18.8 Å². The van der Waals surface area contributed by atoms with Gasteiger partial charge in [0, 0.05) is 12.5 Å². The van der Waals surface area contributed by atoms with Crippen molar-refractivity contribution >= 4 is 6.09 Å². The molecule has 1 amide bonds. The van der Waals surface area contributed by atoms with Crippen LogP contribution < -0.4 is 5.73 Å².